The largest absolute Gasteiger partial charge is 0.491 e. The molecule has 2 saturated carbocycles. The monoisotopic (exact) mass is 500 g/mol. The fraction of sp³-hybridized carbons (Fsp3) is 0.500. The molecule has 2 aliphatic rings. The van der Waals surface area contributed by atoms with E-state index in [1.165, 1.54) is 12.1 Å². The third-order valence-electron chi connectivity index (χ3n) is 7.68. The molecule has 0 aliphatic heterocycles. The molecule has 0 radical (unpaired) electrons. The minimum Gasteiger partial charge on any atom is -0.491 e. The Kier molecular flexibility index (Phi) is 8.76. The number of ether oxygens (including phenoxy) is 2. The SMILES string of the molecule is CC=CC1CCC(c2ccc(C(=O)OC3CCC(c4ccc(OCC)c(F)c4)CC3)c(F)c2F)CC1. The highest BCUT2D eigenvalue weighted by Crippen LogP contribution is 2.39. The third kappa shape index (κ3) is 5.96. The molecule has 6 heteroatoms. The Morgan fingerprint density at radius 1 is 0.917 bits per heavy atom. The number of carbonyl (C=O) groups excluding carboxylic acids is 1. The average Bonchev–Trinajstić information content (AvgIpc) is 2.88. The van der Waals surface area contributed by atoms with E-state index in [9.17, 15) is 18.0 Å². The average molecular weight is 501 g/mol. The molecule has 0 unspecified atom stereocenters. The van der Waals surface area contributed by atoms with E-state index in [1.807, 2.05) is 26.0 Å². The summed E-state index contributed by atoms with van der Waals surface area (Å²) < 4.78 is 54.9. The van der Waals surface area contributed by atoms with Crippen molar-refractivity contribution in [2.24, 2.45) is 5.92 Å². The summed E-state index contributed by atoms with van der Waals surface area (Å²) in [7, 11) is 0. The van der Waals surface area contributed by atoms with E-state index < -0.39 is 17.6 Å². The highest BCUT2D eigenvalue weighted by molar-refractivity contribution is 5.90. The van der Waals surface area contributed by atoms with Crippen molar-refractivity contribution >= 4 is 5.97 Å². The van der Waals surface area contributed by atoms with Crippen molar-refractivity contribution in [1.82, 2.24) is 0 Å². The molecule has 0 spiro atoms. The van der Waals surface area contributed by atoms with Gasteiger partial charge in [-0.05, 0) is 112 Å². The fourth-order valence-corrected chi connectivity index (χ4v) is 5.70. The van der Waals surface area contributed by atoms with Crippen molar-refractivity contribution in [2.75, 3.05) is 6.61 Å². The van der Waals surface area contributed by atoms with E-state index in [2.05, 4.69) is 6.08 Å². The van der Waals surface area contributed by atoms with E-state index in [-0.39, 0.29) is 35.1 Å². The van der Waals surface area contributed by atoms with E-state index in [1.54, 1.807) is 12.1 Å². The molecule has 3 nitrogen and oxygen atoms in total. The summed E-state index contributed by atoms with van der Waals surface area (Å²) in [5.41, 5.74) is 0.893. The lowest BCUT2D eigenvalue weighted by atomic mass is 9.78. The Labute approximate surface area is 211 Å². The summed E-state index contributed by atoms with van der Waals surface area (Å²) in [5.74, 6) is -2.40. The van der Waals surface area contributed by atoms with Crippen molar-refractivity contribution in [1.29, 1.82) is 0 Å². The highest BCUT2D eigenvalue weighted by atomic mass is 19.2. The predicted octanol–water partition coefficient (Wildman–Crippen LogP) is 8.24. The van der Waals surface area contributed by atoms with Gasteiger partial charge in [0.1, 0.15) is 6.10 Å². The minimum absolute atomic E-state index is 0.0335. The van der Waals surface area contributed by atoms with Gasteiger partial charge in [-0.2, -0.15) is 0 Å². The molecule has 0 amide bonds. The summed E-state index contributed by atoms with van der Waals surface area (Å²) in [6, 6.07) is 7.94. The Bertz CT molecular complexity index is 1080. The molecule has 0 heterocycles. The van der Waals surface area contributed by atoms with Crippen LogP contribution < -0.4 is 4.74 Å². The van der Waals surface area contributed by atoms with Gasteiger partial charge in [-0.25, -0.2) is 18.0 Å². The topological polar surface area (TPSA) is 35.5 Å². The van der Waals surface area contributed by atoms with Crippen LogP contribution in [0.2, 0.25) is 0 Å². The van der Waals surface area contributed by atoms with Gasteiger partial charge in [-0.15, -0.1) is 0 Å². The Morgan fingerprint density at radius 3 is 2.25 bits per heavy atom. The standard InChI is InChI=1S/C30H35F3O3/c1-3-5-19-6-8-21(9-7-19)24-15-16-25(29(33)28(24)32)30(34)36-23-13-10-20(11-14-23)22-12-17-27(35-4-2)26(31)18-22/h3,5,12,15-21,23H,4,6-11,13-14H2,1-2H3. The van der Waals surface area contributed by atoms with Crippen LogP contribution in [0.15, 0.2) is 42.5 Å². The zero-order valence-electron chi connectivity index (χ0n) is 21.1. The van der Waals surface area contributed by atoms with Crippen LogP contribution in [0.5, 0.6) is 5.75 Å². The summed E-state index contributed by atoms with van der Waals surface area (Å²) in [4.78, 5) is 12.7. The smallest absolute Gasteiger partial charge is 0.341 e. The van der Waals surface area contributed by atoms with Crippen molar-refractivity contribution in [3.05, 3.63) is 76.6 Å². The maximum absolute atomic E-state index is 14.9. The second-order valence-corrected chi connectivity index (χ2v) is 9.97. The molecule has 36 heavy (non-hydrogen) atoms. The van der Waals surface area contributed by atoms with Gasteiger partial charge < -0.3 is 9.47 Å². The summed E-state index contributed by atoms with van der Waals surface area (Å²) >= 11 is 0. The summed E-state index contributed by atoms with van der Waals surface area (Å²) in [5, 5.41) is 0. The van der Waals surface area contributed by atoms with Crippen molar-refractivity contribution in [3.8, 4) is 5.75 Å². The zero-order valence-corrected chi connectivity index (χ0v) is 21.1. The van der Waals surface area contributed by atoms with Crippen LogP contribution in [0.3, 0.4) is 0 Å². The molecule has 2 aromatic carbocycles. The van der Waals surface area contributed by atoms with Gasteiger partial charge in [0.05, 0.1) is 12.2 Å². The third-order valence-corrected chi connectivity index (χ3v) is 7.68. The van der Waals surface area contributed by atoms with Crippen molar-refractivity contribution in [3.63, 3.8) is 0 Å². The van der Waals surface area contributed by atoms with Gasteiger partial charge in [0.25, 0.3) is 0 Å². The molecule has 0 bridgehead atoms. The van der Waals surface area contributed by atoms with Crippen LogP contribution in [0, 0.1) is 23.4 Å². The predicted molar refractivity (Wildman–Crippen MR) is 134 cm³/mol. The molecule has 194 valence electrons. The van der Waals surface area contributed by atoms with Gasteiger partial charge in [-0.1, -0.05) is 24.3 Å². The number of rotatable bonds is 7. The highest BCUT2D eigenvalue weighted by Gasteiger charge is 2.30. The molecular formula is C30H35F3O3. The van der Waals surface area contributed by atoms with Crippen molar-refractivity contribution in [2.45, 2.75) is 83.2 Å². The van der Waals surface area contributed by atoms with Crippen LogP contribution in [0.1, 0.15) is 98.5 Å². The molecule has 0 aromatic heterocycles. The quantitative estimate of drug-likeness (QED) is 0.284. The molecule has 0 saturated heterocycles. The van der Waals surface area contributed by atoms with Gasteiger partial charge in [0, 0.05) is 0 Å². The molecule has 2 fully saturated rings. The van der Waals surface area contributed by atoms with Crippen LogP contribution in [0.4, 0.5) is 13.2 Å². The van der Waals surface area contributed by atoms with Gasteiger partial charge in [0.2, 0.25) is 0 Å². The maximum Gasteiger partial charge on any atom is 0.341 e. The van der Waals surface area contributed by atoms with E-state index in [4.69, 9.17) is 9.47 Å². The van der Waals surface area contributed by atoms with Gasteiger partial charge in [0.15, 0.2) is 23.2 Å². The number of esters is 1. The van der Waals surface area contributed by atoms with Gasteiger partial charge in [-0.3, -0.25) is 0 Å². The normalized spacial score (nSPS) is 24.6. The number of benzene rings is 2. The first-order chi connectivity index (χ1) is 17.4. The zero-order chi connectivity index (χ0) is 25.7. The summed E-state index contributed by atoms with van der Waals surface area (Å²) in [6.45, 7) is 4.20. The Hall–Kier alpha value is -2.76. The second kappa shape index (κ2) is 12.0. The summed E-state index contributed by atoms with van der Waals surface area (Å²) in [6.07, 6.45) is 9.96. The molecule has 0 N–H and O–H groups in total. The Morgan fingerprint density at radius 2 is 1.61 bits per heavy atom. The molecule has 2 aromatic rings. The van der Waals surface area contributed by atoms with Crippen LogP contribution in [-0.2, 0) is 4.74 Å². The Balaban J connectivity index is 1.34. The lowest BCUT2D eigenvalue weighted by molar-refractivity contribution is 0.0189. The molecular weight excluding hydrogens is 465 g/mol. The molecule has 4 rings (SSSR count). The van der Waals surface area contributed by atoms with Crippen LogP contribution in [-0.4, -0.2) is 18.7 Å². The van der Waals surface area contributed by atoms with E-state index >= 15 is 0 Å². The number of allylic oxidation sites excluding steroid dienone is 2. The number of carbonyl (C=O) groups is 1. The van der Waals surface area contributed by atoms with E-state index in [0.29, 0.717) is 30.9 Å². The lowest BCUT2D eigenvalue weighted by Gasteiger charge is -2.29. The number of halogens is 3. The maximum atomic E-state index is 14.9. The van der Waals surface area contributed by atoms with Crippen LogP contribution in [0.25, 0.3) is 0 Å². The lowest BCUT2D eigenvalue weighted by Crippen LogP contribution is -2.25. The first kappa shape index (κ1) is 26.3. The minimum atomic E-state index is -1.12. The van der Waals surface area contributed by atoms with E-state index in [0.717, 1.165) is 44.1 Å². The van der Waals surface area contributed by atoms with Gasteiger partial charge >= 0.3 is 5.97 Å². The molecule has 0 atom stereocenters. The first-order valence-corrected chi connectivity index (χ1v) is 13.1. The first-order valence-electron chi connectivity index (χ1n) is 13.1. The molecule has 2 aliphatic carbocycles. The van der Waals surface area contributed by atoms with Crippen LogP contribution >= 0.6 is 0 Å². The number of hydrogen-bond acceptors (Lipinski definition) is 3. The fourth-order valence-electron chi connectivity index (χ4n) is 5.70. The number of hydrogen-bond donors (Lipinski definition) is 0. The second-order valence-electron chi connectivity index (χ2n) is 9.97. The van der Waals surface area contributed by atoms with Crippen molar-refractivity contribution < 1.29 is 27.4 Å².